The summed E-state index contributed by atoms with van der Waals surface area (Å²) in [5.41, 5.74) is 9.00. The fourth-order valence-electron chi connectivity index (χ4n) is 3.52. The van der Waals surface area contributed by atoms with Gasteiger partial charge in [-0.15, -0.1) is 0 Å². The van der Waals surface area contributed by atoms with Crippen LogP contribution in [0.3, 0.4) is 0 Å². The molecule has 5 aromatic rings. The molecule has 3 heterocycles. The zero-order valence-corrected chi connectivity index (χ0v) is 19.6. The van der Waals surface area contributed by atoms with E-state index in [1.54, 1.807) is 91.0 Å². The highest BCUT2D eigenvalue weighted by Crippen LogP contribution is 2.26. The van der Waals surface area contributed by atoms with Crippen LogP contribution in [-0.4, -0.2) is 36.7 Å². The molecule has 184 valence electrons. The van der Waals surface area contributed by atoms with Crippen LogP contribution >= 0.6 is 0 Å². The smallest absolute Gasteiger partial charge is 0.323 e. The Morgan fingerprint density at radius 3 is 2.19 bits per heavy atom. The summed E-state index contributed by atoms with van der Waals surface area (Å²) in [5, 5.41) is 16.9. The molecule has 12 heteroatoms. The number of fused-ring (bicyclic) bond motifs is 1. The minimum absolute atomic E-state index is 0.349. The molecule has 0 atom stereocenters. The Morgan fingerprint density at radius 1 is 0.811 bits per heavy atom. The Kier molecular flexibility index (Phi) is 6.28. The molecule has 0 aliphatic heterocycles. The van der Waals surface area contributed by atoms with Crippen molar-refractivity contribution in [3.8, 4) is 0 Å². The number of nitrogens with zero attached hydrogens (tertiary/aromatic N) is 5. The maximum absolute atomic E-state index is 12.2. The van der Waals surface area contributed by atoms with Gasteiger partial charge in [0.15, 0.2) is 5.65 Å². The first kappa shape index (κ1) is 23.2. The minimum atomic E-state index is -0.495. The summed E-state index contributed by atoms with van der Waals surface area (Å²) >= 11 is 0. The number of carbonyl (C=O) groups is 2. The summed E-state index contributed by atoms with van der Waals surface area (Å²) < 4.78 is 1.65. The lowest BCUT2D eigenvalue weighted by atomic mass is 10.2. The largest absolute Gasteiger partial charge is 0.366 e. The summed E-state index contributed by atoms with van der Waals surface area (Å²) in [4.78, 5) is 36.7. The van der Waals surface area contributed by atoms with Crippen molar-refractivity contribution in [2.24, 2.45) is 12.8 Å². The molecule has 2 aromatic carbocycles. The summed E-state index contributed by atoms with van der Waals surface area (Å²) in [6, 6.07) is 17.0. The van der Waals surface area contributed by atoms with E-state index >= 15 is 0 Å². The van der Waals surface area contributed by atoms with Crippen LogP contribution in [0.15, 0.2) is 79.3 Å². The van der Waals surface area contributed by atoms with Crippen LogP contribution in [0.1, 0.15) is 10.4 Å². The van der Waals surface area contributed by atoms with Gasteiger partial charge in [-0.1, -0.05) is 0 Å². The lowest BCUT2D eigenvalue weighted by Crippen LogP contribution is -2.19. The third kappa shape index (κ3) is 5.43. The van der Waals surface area contributed by atoms with E-state index in [1.165, 1.54) is 0 Å². The Balaban J connectivity index is 1.32. The molecule has 37 heavy (non-hydrogen) atoms. The van der Waals surface area contributed by atoms with E-state index in [-0.39, 0.29) is 6.03 Å². The number of benzene rings is 2. The number of nitrogens with one attached hydrogen (secondary N) is 4. The minimum Gasteiger partial charge on any atom is -0.366 e. The number of carbonyl (C=O) groups excluding carboxylic acids is 2. The number of urea groups is 1. The van der Waals surface area contributed by atoms with Gasteiger partial charge >= 0.3 is 6.03 Å². The Morgan fingerprint density at radius 2 is 1.49 bits per heavy atom. The second-order valence-corrected chi connectivity index (χ2v) is 7.99. The maximum atomic E-state index is 12.2. The van der Waals surface area contributed by atoms with Gasteiger partial charge in [-0.05, 0) is 60.7 Å². The van der Waals surface area contributed by atoms with Crippen molar-refractivity contribution in [2.45, 2.75) is 0 Å². The number of amides is 3. The standard InChI is InChI=1S/C25H22N10O2/c1-35-23-20(14-28-35)22(29-16-6-4-15(5-7-16)21(26)36)33-24(34-23)30-17-8-10-18(11-9-17)31-25(37)32-19-3-2-12-27-13-19/h2-14H,1H3,(H2,26,36)(H2,31,32,37)(H2,29,30,33,34). The molecule has 0 unspecified atom stereocenters. The number of nitrogens with two attached hydrogens (primary N) is 1. The van der Waals surface area contributed by atoms with Gasteiger partial charge in [-0.3, -0.25) is 14.5 Å². The number of anilines is 6. The van der Waals surface area contributed by atoms with Gasteiger partial charge in [0.05, 0.1) is 23.5 Å². The van der Waals surface area contributed by atoms with Crippen molar-refractivity contribution >= 4 is 57.5 Å². The van der Waals surface area contributed by atoms with Gasteiger partial charge in [-0.2, -0.15) is 15.1 Å². The Bertz CT molecular complexity index is 1570. The molecule has 12 nitrogen and oxygen atoms in total. The van der Waals surface area contributed by atoms with E-state index in [0.717, 1.165) is 16.8 Å². The number of aromatic nitrogens is 5. The topological polar surface area (TPSA) is 165 Å². The van der Waals surface area contributed by atoms with Gasteiger partial charge in [0.1, 0.15) is 5.82 Å². The number of pyridine rings is 1. The number of rotatable bonds is 7. The number of aryl methyl sites for hydroxylation is 1. The van der Waals surface area contributed by atoms with Gasteiger partial charge in [0, 0.05) is 35.9 Å². The highest BCUT2D eigenvalue weighted by Gasteiger charge is 2.13. The van der Waals surface area contributed by atoms with Crippen LogP contribution in [0.2, 0.25) is 0 Å². The summed E-state index contributed by atoms with van der Waals surface area (Å²) in [6.45, 7) is 0. The number of hydrogen-bond donors (Lipinski definition) is 5. The summed E-state index contributed by atoms with van der Waals surface area (Å²) in [7, 11) is 1.79. The van der Waals surface area contributed by atoms with Gasteiger partial charge in [0.25, 0.3) is 0 Å². The lowest BCUT2D eigenvalue weighted by molar-refractivity contribution is 0.100. The van der Waals surface area contributed by atoms with Crippen LogP contribution < -0.4 is 27.0 Å². The SMILES string of the molecule is Cn1ncc2c(Nc3ccc(C(N)=O)cc3)nc(Nc3ccc(NC(=O)Nc4cccnc4)cc3)nc21. The van der Waals surface area contributed by atoms with E-state index < -0.39 is 5.91 Å². The second kappa shape index (κ2) is 10.00. The predicted octanol–water partition coefficient (Wildman–Crippen LogP) is 3.99. The normalized spacial score (nSPS) is 10.6. The summed E-state index contributed by atoms with van der Waals surface area (Å²) in [5.74, 6) is 0.394. The van der Waals surface area contributed by atoms with Crippen molar-refractivity contribution in [3.05, 3.63) is 84.8 Å². The van der Waals surface area contributed by atoms with Crippen molar-refractivity contribution in [3.63, 3.8) is 0 Å². The molecule has 0 saturated heterocycles. The van der Waals surface area contributed by atoms with Gasteiger partial charge in [-0.25, -0.2) is 4.79 Å². The molecule has 0 aliphatic rings. The van der Waals surface area contributed by atoms with Gasteiger partial charge in [0.2, 0.25) is 11.9 Å². The quantitative estimate of drug-likeness (QED) is 0.227. The van der Waals surface area contributed by atoms with Crippen molar-refractivity contribution in [1.29, 1.82) is 0 Å². The van der Waals surface area contributed by atoms with Crippen LogP contribution in [-0.2, 0) is 7.05 Å². The van der Waals surface area contributed by atoms with E-state index in [2.05, 4.69) is 41.3 Å². The average molecular weight is 495 g/mol. The van der Waals surface area contributed by atoms with Crippen LogP contribution in [0.4, 0.5) is 39.3 Å². The third-order valence-electron chi connectivity index (χ3n) is 5.34. The zero-order chi connectivity index (χ0) is 25.8. The molecular formula is C25H22N10O2. The predicted molar refractivity (Wildman–Crippen MR) is 141 cm³/mol. The first-order chi connectivity index (χ1) is 17.9. The van der Waals surface area contributed by atoms with Crippen LogP contribution in [0.25, 0.3) is 11.0 Å². The fraction of sp³-hybridized carbons (Fsp3) is 0.0400. The van der Waals surface area contributed by atoms with E-state index in [9.17, 15) is 9.59 Å². The first-order valence-corrected chi connectivity index (χ1v) is 11.2. The number of primary amides is 1. The summed E-state index contributed by atoms with van der Waals surface area (Å²) in [6.07, 6.45) is 4.87. The van der Waals surface area contributed by atoms with Crippen LogP contribution in [0.5, 0.6) is 0 Å². The van der Waals surface area contributed by atoms with E-state index in [1.807, 2.05) is 0 Å². The molecular weight excluding hydrogens is 472 g/mol. The molecule has 0 aliphatic carbocycles. The van der Waals surface area contributed by atoms with E-state index in [4.69, 9.17) is 5.73 Å². The Hall–Kier alpha value is -5.52. The molecule has 0 radical (unpaired) electrons. The number of hydrogen-bond acceptors (Lipinski definition) is 8. The van der Waals surface area contributed by atoms with Crippen molar-refractivity contribution < 1.29 is 9.59 Å². The molecule has 0 spiro atoms. The third-order valence-corrected chi connectivity index (χ3v) is 5.34. The fourth-order valence-corrected chi connectivity index (χ4v) is 3.52. The monoisotopic (exact) mass is 494 g/mol. The second-order valence-electron chi connectivity index (χ2n) is 7.99. The molecule has 3 aromatic heterocycles. The highest BCUT2D eigenvalue weighted by molar-refractivity contribution is 5.99. The average Bonchev–Trinajstić information content (AvgIpc) is 3.27. The maximum Gasteiger partial charge on any atom is 0.323 e. The molecule has 0 saturated carbocycles. The lowest BCUT2D eigenvalue weighted by Gasteiger charge is -2.11. The highest BCUT2D eigenvalue weighted by atomic mass is 16.2. The molecule has 6 N–H and O–H groups in total. The van der Waals surface area contributed by atoms with E-state index in [0.29, 0.717) is 34.4 Å². The molecule has 0 fully saturated rings. The molecule has 5 rings (SSSR count). The van der Waals surface area contributed by atoms with Crippen LogP contribution in [0, 0.1) is 0 Å². The first-order valence-electron chi connectivity index (χ1n) is 11.2. The zero-order valence-electron chi connectivity index (χ0n) is 19.6. The van der Waals surface area contributed by atoms with Crippen molar-refractivity contribution in [2.75, 3.05) is 21.3 Å². The van der Waals surface area contributed by atoms with Gasteiger partial charge < -0.3 is 27.0 Å². The Labute approximate surface area is 211 Å². The van der Waals surface area contributed by atoms with Crippen molar-refractivity contribution in [1.82, 2.24) is 24.7 Å². The molecule has 0 bridgehead atoms. The molecule has 3 amide bonds.